The highest BCUT2D eigenvalue weighted by molar-refractivity contribution is 5.77. The summed E-state index contributed by atoms with van der Waals surface area (Å²) < 4.78 is 0. The molecule has 1 aliphatic carbocycles. The topological polar surface area (TPSA) is 66.4 Å². The standard InChI is InChI=1S/C13H21NO3/c1-2-5-11(9-13(16)17)14-12(15)8-10-6-3-4-7-10/h3,6,10-11H,2,4-5,7-9H2,1H3,(H,14,15)(H,16,17). The second-order valence-electron chi connectivity index (χ2n) is 4.62. The summed E-state index contributed by atoms with van der Waals surface area (Å²) in [6, 6.07) is -0.226. The second-order valence-corrected chi connectivity index (χ2v) is 4.62. The third-order valence-corrected chi connectivity index (χ3v) is 2.98. The van der Waals surface area contributed by atoms with Crippen molar-refractivity contribution in [3.05, 3.63) is 12.2 Å². The van der Waals surface area contributed by atoms with Gasteiger partial charge >= 0.3 is 5.97 Å². The Balaban J connectivity index is 2.34. The van der Waals surface area contributed by atoms with Crippen LogP contribution in [0, 0.1) is 5.92 Å². The van der Waals surface area contributed by atoms with Gasteiger partial charge in [0.05, 0.1) is 6.42 Å². The maximum absolute atomic E-state index is 11.7. The summed E-state index contributed by atoms with van der Waals surface area (Å²) in [5.41, 5.74) is 0. The largest absolute Gasteiger partial charge is 0.481 e. The number of rotatable bonds is 7. The predicted molar refractivity (Wildman–Crippen MR) is 65.6 cm³/mol. The monoisotopic (exact) mass is 239 g/mol. The van der Waals surface area contributed by atoms with Crippen LogP contribution in [0.15, 0.2) is 12.2 Å². The first-order chi connectivity index (χ1) is 8.11. The molecule has 0 aliphatic heterocycles. The first kappa shape index (κ1) is 13.7. The van der Waals surface area contributed by atoms with Crippen LogP contribution in [0.25, 0.3) is 0 Å². The van der Waals surface area contributed by atoms with Crippen LogP contribution in [0.3, 0.4) is 0 Å². The molecule has 0 heterocycles. The zero-order valence-corrected chi connectivity index (χ0v) is 10.3. The van der Waals surface area contributed by atoms with Crippen LogP contribution in [0.5, 0.6) is 0 Å². The molecule has 1 rings (SSSR count). The molecule has 2 N–H and O–H groups in total. The number of aliphatic carboxylic acids is 1. The highest BCUT2D eigenvalue weighted by Gasteiger charge is 2.18. The highest BCUT2D eigenvalue weighted by atomic mass is 16.4. The molecule has 2 unspecified atom stereocenters. The van der Waals surface area contributed by atoms with E-state index in [2.05, 4.69) is 17.5 Å². The molecule has 4 nitrogen and oxygen atoms in total. The molecule has 0 aromatic carbocycles. The molecule has 1 amide bonds. The van der Waals surface area contributed by atoms with Crippen LogP contribution >= 0.6 is 0 Å². The molecule has 0 spiro atoms. The highest BCUT2D eigenvalue weighted by Crippen LogP contribution is 2.20. The van der Waals surface area contributed by atoms with E-state index in [0.717, 1.165) is 25.7 Å². The molecule has 0 aromatic heterocycles. The number of allylic oxidation sites excluding steroid dienone is 2. The molecule has 0 fully saturated rings. The summed E-state index contributed by atoms with van der Waals surface area (Å²) in [7, 11) is 0. The third-order valence-electron chi connectivity index (χ3n) is 2.98. The van der Waals surface area contributed by atoms with Gasteiger partial charge in [0.15, 0.2) is 0 Å². The van der Waals surface area contributed by atoms with Gasteiger partial charge in [0.1, 0.15) is 0 Å². The molecule has 1 aliphatic rings. The lowest BCUT2D eigenvalue weighted by atomic mass is 10.0. The van der Waals surface area contributed by atoms with E-state index in [9.17, 15) is 9.59 Å². The number of carboxylic acid groups (broad SMARTS) is 1. The Morgan fingerprint density at radius 3 is 2.82 bits per heavy atom. The zero-order chi connectivity index (χ0) is 12.7. The molecule has 0 bridgehead atoms. The van der Waals surface area contributed by atoms with Crippen molar-refractivity contribution in [1.82, 2.24) is 5.32 Å². The van der Waals surface area contributed by atoms with Gasteiger partial charge in [-0.1, -0.05) is 25.5 Å². The number of carboxylic acids is 1. The maximum atomic E-state index is 11.7. The number of carbonyl (C=O) groups is 2. The Bertz CT molecular complexity index is 299. The molecular formula is C13H21NO3. The van der Waals surface area contributed by atoms with Crippen molar-refractivity contribution >= 4 is 11.9 Å². The molecule has 96 valence electrons. The normalized spacial score (nSPS) is 20.2. The van der Waals surface area contributed by atoms with Crippen molar-refractivity contribution in [2.45, 2.75) is 51.5 Å². The van der Waals surface area contributed by atoms with Crippen molar-refractivity contribution in [2.24, 2.45) is 5.92 Å². The van der Waals surface area contributed by atoms with Crippen molar-refractivity contribution in [3.63, 3.8) is 0 Å². The number of hydrogen-bond acceptors (Lipinski definition) is 2. The van der Waals surface area contributed by atoms with Crippen LogP contribution in [0.2, 0.25) is 0 Å². The van der Waals surface area contributed by atoms with E-state index in [-0.39, 0.29) is 18.4 Å². The fraction of sp³-hybridized carbons (Fsp3) is 0.692. The van der Waals surface area contributed by atoms with Gasteiger partial charge in [0.25, 0.3) is 0 Å². The van der Waals surface area contributed by atoms with Gasteiger partial charge < -0.3 is 10.4 Å². The molecule has 2 atom stereocenters. The summed E-state index contributed by atoms with van der Waals surface area (Å²) in [5, 5.41) is 11.6. The summed E-state index contributed by atoms with van der Waals surface area (Å²) in [4.78, 5) is 22.4. The van der Waals surface area contributed by atoms with E-state index in [1.165, 1.54) is 0 Å². The average molecular weight is 239 g/mol. The second kappa shape index (κ2) is 7.09. The minimum atomic E-state index is -0.857. The number of amides is 1. The third kappa shape index (κ3) is 5.52. The quantitative estimate of drug-likeness (QED) is 0.669. The summed E-state index contributed by atoms with van der Waals surface area (Å²) in [6.45, 7) is 1.99. The van der Waals surface area contributed by atoms with Crippen molar-refractivity contribution in [2.75, 3.05) is 0 Å². The zero-order valence-electron chi connectivity index (χ0n) is 10.3. The minimum Gasteiger partial charge on any atom is -0.481 e. The van der Waals surface area contributed by atoms with Gasteiger partial charge in [-0.05, 0) is 25.2 Å². The lowest BCUT2D eigenvalue weighted by Gasteiger charge is -2.17. The Hall–Kier alpha value is -1.32. The first-order valence-corrected chi connectivity index (χ1v) is 6.29. The average Bonchev–Trinajstić information content (AvgIpc) is 2.69. The molecule has 0 saturated heterocycles. The predicted octanol–water partition coefficient (Wildman–Crippen LogP) is 2.10. The summed E-state index contributed by atoms with van der Waals surface area (Å²) in [5.74, 6) is -0.548. The maximum Gasteiger partial charge on any atom is 0.305 e. The van der Waals surface area contributed by atoms with Gasteiger partial charge in [0, 0.05) is 12.5 Å². The van der Waals surface area contributed by atoms with Crippen molar-refractivity contribution in [3.8, 4) is 0 Å². The molecule has 0 radical (unpaired) electrons. The van der Waals surface area contributed by atoms with Crippen LogP contribution in [-0.2, 0) is 9.59 Å². The Morgan fingerprint density at radius 2 is 2.29 bits per heavy atom. The number of hydrogen-bond donors (Lipinski definition) is 2. The smallest absolute Gasteiger partial charge is 0.305 e. The van der Waals surface area contributed by atoms with Crippen LogP contribution < -0.4 is 5.32 Å². The summed E-state index contributed by atoms with van der Waals surface area (Å²) in [6.07, 6.45) is 8.34. The van der Waals surface area contributed by atoms with E-state index >= 15 is 0 Å². The van der Waals surface area contributed by atoms with Crippen LogP contribution in [0.4, 0.5) is 0 Å². The minimum absolute atomic E-state index is 0.0140. The molecule has 17 heavy (non-hydrogen) atoms. The Kier molecular flexibility index (Phi) is 5.73. The molecule has 4 heteroatoms. The fourth-order valence-corrected chi connectivity index (χ4v) is 2.17. The van der Waals surface area contributed by atoms with E-state index in [1.54, 1.807) is 0 Å². The fourth-order valence-electron chi connectivity index (χ4n) is 2.17. The number of carbonyl (C=O) groups excluding carboxylic acids is 1. The van der Waals surface area contributed by atoms with Gasteiger partial charge in [-0.15, -0.1) is 0 Å². The first-order valence-electron chi connectivity index (χ1n) is 6.29. The van der Waals surface area contributed by atoms with Gasteiger partial charge in [-0.3, -0.25) is 9.59 Å². The van der Waals surface area contributed by atoms with E-state index in [4.69, 9.17) is 5.11 Å². The van der Waals surface area contributed by atoms with Gasteiger partial charge in [-0.25, -0.2) is 0 Å². The van der Waals surface area contributed by atoms with Crippen molar-refractivity contribution in [1.29, 1.82) is 0 Å². The van der Waals surface area contributed by atoms with E-state index in [1.807, 2.05) is 6.92 Å². The van der Waals surface area contributed by atoms with E-state index < -0.39 is 5.97 Å². The lowest BCUT2D eigenvalue weighted by Crippen LogP contribution is -2.37. The van der Waals surface area contributed by atoms with Crippen LogP contribution in [-0.4, -0.2) is 23.0 Å². The van der Waals surface area contributed by atoms with Crippen LogP contribution in [0.1, 0.15) is 45.4 Å². The lowest BCUT2D eigenvalue weighted by molar-refractivity contribution is -0.137. The van der Waals surface area contributed by atoms with Crippen molar-refractivity contribution < 1.29 is 14.7 Å². The molecular weight excluding hydrogens is 218 g/mol. The molecule has 0 saturated carbocycles. The molecule has 0 aromatic rings. The Labute approximate surface area is 102 Å². The number of nitrogens with one attached hydrogen (secondary N) is 1. The SMILES string of the molecule is CCCC(CC(=O)O)NC(=O)CC1C=CCC1. The van der Waals surface area contributed by atoms with Gasteiger partial charge in [-0.2, -0.15) is 0 Å². The van der Waals surface area contributed by atoms with E-state index in [0.29, 0.717) is 12.3 Å². The Morgan fingerprint density at radius 1 is 1.53 bits per heavy atom. The van der Waals surface area contributed by atoms with Gasteiger partial charge in [0.2, 0.25) is 5.91 Å². The summed E-state index contributed by atoms with van der Waals surface area (Å²) >= 11 is 0.